The average Bonchev–Trinajstić information content (AvgIpc) is 2.80. The first-order valence-electron chi connectivity index (χ1n) is 9.90. The van der Waals surface area contributed by atoms with Crippen LogP contribution in [0.25, 0.3) is 0 Å². The predicted octanol–water partition coefficient (Wildman–Crippen LogP) is 0.802. The molecular weight excluding hydrogens is 382 g/mol. The van der Waals surface area contributed by atoms with Gasteiger partial charge in [-0.05, 0) is 17.7 Å². The fourth-order valence-electron chi connectivity index (χ4n) is 3.56. The molecule has 0 bridgehead atoms. The zero-order valence-corrected chi connectivity index (χ0v) is 16.6. The standard InChI is InChI=1S/C22H23N5O3/c28-20-9-11-26(16-18-6-2-1-3-7-18)22(30)27(20)17-21(29)25-14-12-24(13-15-25)19-8-4-5-10-23-19/h1-11H,12-17H2. The lowest BCUT2D eigenvalue weighted by Gasteiger charge is -2.35. The SMILES string of the molecule is O=C(Cn1c(=O)ccn(Cc2ccccc2)c1=O)N1CCN(c2ccccn2)CC1. The summed E-state index contributed by atoms with van der Waals surface area (Å²) in [7, 11) is 0. The molecule has 3 aromatic rings. The Balaban J connectivity index is 1.44. The highest BCUT2D eigenvalue weighted by molar-refractivity contribution is 5.76. The molecule has 1 fully saturated rings. The van der Waals surface area contributed by atoms with Gasteiger partial charge in [0.1, 0.15) is 12.4 Å². The van der Waals surface area contributed by atoms with Gasteiger partial charge in [-0.3, -0.25) is 18.7 Å². The summed E-state index contributed by atoms with van der Waals surface area (Å²) in [5, 5.41) is 0. The molecule has 0 spiro atoms. The number of piperazine rings is 1. The van der Waals surface area contributed by atoms with Gasteiger partial charge in [0.2, 0.25) is 5.91 Å². The second kappa shape index (κ2) is 8.77. The van der Waals surface area contributed by atoms with Crippen LogP contribution in [-0.2, 0) is 17.9 Å². The van der Waals surface area contributed by atoms with Crippen LogP contribution >= 0.6 is 0 Å². The van der Waals surface area contributed by atoms with Crippen molar-refractivity contribution in [3.05, 3.63) is 93.4 Å². The smallest absolute Gasteiger partial charge is 0.331 e. The molecule has 1 saturated heterocycles. The van der Waals surface area contributed by atoms with Gasteiger partial charge in [-0.1, -0.05) is 36.4 Å². The van der Waals surface area contributed by atoms with Crippen molar-refractivity contribution in [1.82, 2.24) is 19.0 Å². The first kappa shape index (κ1) is 19.6. The summed E-state index contributed by atoms with van der Waals surface area (Å²) in [6, 6.07) is 16.6. The van der Waals surface area contributed by atoms with Crippen LogP contribution in [0.1, 0.15) is 5.56 Å². The van der Waals surface area contributed by atoms with E-state index in [4.69, 9.17) is 0 Å². The van der Waals surface area contributed by atoms with Gasteiger partial charge in [0.15, 0.2) is 0 Å². The highest BCUT2D eigenvalue weighted by Gasteiger charge is 2.23. The van der Waals surface area contributed by atoms with Crippen molar-refractivity contribution in [2.45, 2.75) is 13.1 Å². The molecule has 0 aliphatic carbocycles. The Morgan fingerprint density at radius 1 is 0.900 bits per heavy atom. The summed E-state index contributed by atoms with van der Waals surface area (Å²) in [6.07, 6.45) is 3.22. The van der Waals surface area contributed by atoms with Crippen LogP contribution in [0, 0.1) is 0 Å². The largest absolute Gasteiger partial charge is 0.353 e. The number of hydrogen-bond donors (Lipinski definition) is 0. The summed E-state index contributed by atoms with van der Waals surface area (Å²) < 4.78 is 2.46. The van der Waals surface area contributed by atoms with E-state index in [1.54, 1.807) is 11.1 Å². The molecule has 2 aromatic heterocycles. The molecule has 30 heavy (non-hydrogen) atoms. The number of anilines is 1. The van der Waals surface area contributed by atoms with Crippen molar-refractivity contribution in [3.8, 4) is 0 Å². The van der Waals surface area contributed by atoms with Gasteiger partial charge in [-0.2, -0.15) is 0 Å². The maximum absolute atomic E-state index is 12.8. The Labute approximate surface area is 173 Å². The Kier molecular flexibility index (Phi) is 5.74. The molecule has 1 aromatic carbocycles. The third kappa shape index (κ3) is 4.32. The van der Waals surface area contributed by atoms with Crippen LogP contribution in [0.3, 0.4) is 0 Å². The molecule has 0 atom stereocenters. The van der Waals surface area contributed by atoms with Gasteiger partial charge in [-0.15, -0.1) is 0 Å². The van der Waals surface area contributed by atoms with Crippen molar-refractivity contribution in [1.29, 1.82) is 0 Å². The summed E-state index contributed by atoms with van der Waals surface area (Å²) >= 11 is 0. The molecule has 0 unspecified atom stereocenters. The lowest BCUT2D eigenvalue weighted by molar-refractivity contribution is -0.132. The Bertz CT molecular complexity index is 1120. The first-order valence-corrected chi connectivity index (χ1v) is 9.90. The number of aromatic nitrogens is 3. The first-order chi connectivity index (χ1) is 14.6. The van der Waals surface area contributed by atoms with Gasteiger partial charge in [0.25, 0.3) is 5.56 Å². The van der Waals surface area contributed by atoms with Crippen molar-refractivity contribution >= 4 is 11.7 Å². The Morgan fingerprint density at radius 3 is 2.33 bits per heavy atom. The number of benzene rings is 1. The van der Waals surface area contributed by atoms with Gasteiger partial charge >= 0.3 is 5.69 Å². The Hall–Kier alpha value is -3.68. The summed E-state index contributed by atoms with van der Waals surface area (Å²) in [6.45, 7) is 2.45. The van der Waals surface area contributed by atoms with Gasteiger partial charge < -0.3 is 9.80 Å². The second-order valence-corrected chi connectivity index (χ2v) is 7.19. The fraction of sp³-hybridized carbons (Fsp3) is 0.273. The quantitative estimate of drug-likeness (QED) is 0.627. The zero-order chi connectivity index (χ0) is 20.9. The highest BCUT2D eigenvalue weighted by atomic mass is 16.2. The number of pyridine rings is 1. The molecular formula is C22H23N5O3. The zero-order valence-electron chi connectivity index (χ0n) is 16.6. The number of carbonyl (C=O) groups excluding carboxylic acids is 1. The van der Waals surface area contributed by atoms with Crippen molar-refractivity contribution in [3.63, 3.8) is 0 Å². The third-order valence-corrected chi connectivity index (χ3v) is 5.23. The van der Waals surface area contributed by atoms with E-state index in [0.717, 1.165) is 15.9 Å². The molecule has 154 valence electrons. The Morgan fingerprint density at radius 2 is 1.63 bits per heavy atom. The number of carbonyl (C=O) groups is 1. The number of rotatable bonds is 5. The summed E-state index contributed by atoms with van der Waals surface area (Å²) in [4.78, 5) is 46.0. The van der Waals surface area contributed by atoms with E-state index in [1.807, 2.05) is 48.5 Å². The average molecular weight is 405 g/mol. The van der Waals surface area contributed by atoms with Crippen LogP contribution in [0.2, 0.25) is 0 Å². The van der Waals surface area contributed by atoms with E-state index in [2.05, 4.69) is 9.88 Å². The van der Waals surface area contributed by atoms with Crippen molar-refractivity contribution in [2.24, 2.45) is 0 Å². The molecule has 1 amide bonds. The van der Waals surface area contributed by atoms with Gasteiger partial charge in [0.05, 0.1) is 6.54 Å². The van der Waals surface area contributed by atoms with Crippen LogP contribution in [0.15, 0.2) is 76.6 Å². The fourth-order valence-corrected chi connectivity index (χ4v) is 3.56. The van der Waals surface area contributed by atoms with Crippen molar-refractivity contribution < 1.29 is 4.79 Å². The number of nitrogens with zero attached hydrogens (tertiary/aromatic N) is 5. The van der Waals surface area contributed by atoms with Crippen LogP contribution < -0.4 is 16.1 Å². The van der Waals surface area contributed by atoms with Gasteiger partial charge in [0, 0.05) is 44.6 Å². The summed E-state index contributed by atoms with van der Waals surface area (Å²) in [5.41, 5.74) is -0.00150. The lowest BCUT2D eigenvalue weighted by atomic mass is 10.2. The molecule has 0 radical (unpaired) electrons. The van der Waals surface area contributed by atoms with Crippen LogP contribution in [-0.4, -0.2) is 51.1 Å². The van der Waals surface area contributed by atoms with Crippen LogP contribution in [0.4, 0.5) is 5.82 Å². The molecule has 3 heterocycles. The predicted molar refractivity (Wildman–Crippen MR) is 114 cm³/mol. The summed E-state index contributed by atoms with van der Waals surface area (Å²) in [5.74, 6) is 0.653. The number of hydrogen-bond acceptors (Lipinski definition) is 5. The number of amides is 1. The second-order valence-electron chi connectivity index (χ2n) is 7.19. The highest BCUT2D eigenvalue weighted by Crippen LogP contribution is 2.12. The van der Waals surface area contributed by atoms with Crippen molar-refractivity contribution in [2.75, 3.05) is 31.1 Å². The topological polar surface area (TPSA) is 80.4 Å². The van der Waals surface area contributed by atoms with E-state index >= 15 is 0 Å². The maximum atomic E-state index is 12.8. The van der Waals surface area contributed by atoms with Crippen LogP contribution in [0.5, 0.6) is 0 Å². The molecule has 8 nitrogen and oxygen atoms in total. The van der Waals surface area contributed by atoms with E-state index < -0.39 is 11.2 Å². The monoisotopic (exact) mass is 405 g/mol. The third-order valence-electron chi connectivity index (χ3n) is 5.23. The lowest BCUT2D eigenvalue weighted by Crippen LogP contribution is -2.51. The minimum absolute atomic E-state index is 0.229. The molecule has 8 heteroatoms. The van der Waals surface area contributed by atoms with E-state index in [-0.39, 0.29) is 12.5 Å². The van der Waals surface area contributed by atoms with E-state index in [0.29, 0.717) is 32.7 Å². The molecule has 1 aliphatic heterocycles. The minimum Gasteiger partial charge on any atom is -0.353 e. The van der Waals surface area contributed by atoms with E-state index in [9.17, 15) is 14.4 Å². The molecule has 1 aliphatic rings. The normalized spacial score (nSPS) is 14.0. The van der Waals surface area contributed by atoms with E-state index in [1.165, 1.54) is 16.8 Å². The minimum atomic E-state index is -0.480. The molecule has 0 N–H and O–H groups in total. The molecule has 4 rings (SSSR count). The maximum Gasteiger partial charge on any atom is 0.331 e. The van der Waals surface area contributed by atoms with Gasteiger partial charge in [-0.25, -0.2) is 9.78 Å². The molecule has 0 saturated carbocycles.